The average molecular weight is 505 g/mol. The highest BCUT2D eigenvalue weighted by molar-refractivity contribution is 6.04. The number of hydrogen-bond donors (Lipinski definition) is 2. The first-order chi connectivity index (χ1) is 17.6. The van der Waals surface area contributed by atoms with Crippen molar-refractivity contribution < 1.29 is 19.2 Å². The monoisotopic (exact) mass is 504 g/mol. The Morgan fingerprint density at radius 2 is 1.57 bits per heavy atom. The number of para-hydroxylation sites is 1. The summed E-state index contributed by atoms with van der Waals surface area (Å²) in [6.45, 7) is 7.75. The van der Waals surface area contributed by atoms with Gasteiger partial charge in [-0.2, -0.15) is 0 Å². The van der Waals surface area contributed by atoms with Gasteiger partial charge in [0.25, 0.3) is 5.91 Å². The van der Waals surface area contributed by atoms with Gasteiger partial charge in [-0.1, -0.05) is 42.5 Å². The van der Waals surface area contributed by atoms with Gasteiger partial charge in [0.1, 0.15) is 0 Å². The number of nitrogens with zero attached hydrogens (tertiary/aromatic N) is 2. The second-order valence-electron chi connectivity index (χ2n) is 10.9. The Morgan fingerprint density at radius 3 is 2.22 bits per heavy atom. The molecule has 2 saturated heterocycles. The van der Waals surface area contributed by atoms with Crippen molar-refractivity contribution in [3.05, 3.63) is 65.7 Å². The number of anilines is 1. The van der Waals surface area contributed by atoms with E-state index in [1.54, 1.807) is 34.1 Å². The number of carbonyl (C=O) groups excluding carboxylic acids is 4. The molecule has 8 heteroatoms. The first kappa shape index (κ1) is 26.4. The van der Waals surface area contributed by atoms with E-state index in [4.69, 9.17) is 0 Å². The van der Waals surface area contributed by atoms with E-state index in [2.05, 4.69) is 10.6 Å². The molecule has 0 saturated carbocycles. The molecular weight excluding hydrogens is 468 g/mol. The van der Waals surface area contributed by atoms with Crippen molar-refractivity contribution in [1.29, 1.82) is 0 Å². The first-order valence-corrected chi connectivity index (χ1v) is 12.9. The molecule has 37 heavy (non-hydrogen) atoms. The average Bonchev–Trinajstić information content (AvgIpc) is 3.30. The third kappa shape index (κ3) is 6.37. The zero-order valence-corrected chi connectivity index (χ0v) is 21.8. The summed E-state index contributed by atoms with van der Waals surface area (Å²) < 4.78 is 0. The van der Waals surface area contributed by atoms with E-state index >= 15 is 0 Å². The van der Waals surface area contributed by atoms with Gasteiger partial charge < -0.3 is 20.4 Å². The molecule has 0 spiro atoms. The highest BCUT2D eigenvalue weighted by atomic mass is 16.2. The summed E-state index contributed by atoms with van der Waals surface area (Å²) >= 11 is 0. The van der Waals surface area contributed by atoms with Gasteiger partial charge >= 0.3 is 0 Å². The van der Waals surface area contributed by atoms with E-state index in [9.17, 15) is 19.2 Å². The lowest BCUT2D eigenvalue weighted by atomic mass is 9.94. The van der Waals surface area contributed by atoms with Crippen LogP contribution in [0.25, 0.3) is 0 Å². The van der Waals surface area contributed by atoms with Crippen molar-refractivity contribution in [1.82, 2.24) is 15.1 Å². The molecule has 4 amide bonds. The SMILES string of the molecule is CC(C)(C)N1CC(C(=O)N2CCC(C(=O)Nc3ccccc3C(=O)NCc3ccccc3)CC2)CC1=O. The number of rotatable bonds is 6. The van der Waals surface area contributed by atoms with Gasteiger partial charge in [-0.15, -0.1) is 0 Å². The van der Waals surface area contributed by atoms with Crippen molar-refractivity contribution >= 4 is 29.3 Å². The van der Waals surface area contributed by atoms with E-state index in [1.165, 1.54) is 0 Å². The van der Waals surface area contributed by atoms with Crippen LogP contribution in [-0.4, -0.2) is 58.6 Å². The van der Waals surface area contributed by atoms with Crippen LogP contribution in [0.15, 0.2) is 54.6 Å². The van der Waals surface area contributed by atoms with E-state index in [0.717, 1.165) is 5.56 Å². The molecule has 8 nitrogen and oxygen atoms in total. The van der Waals surface area contributed by atoms with Crippen LogP contribution in [0.1, 0.15) is 56.0 Å². The van der Waals surface area contributed by atoms with Gasteiger partial charge in [-0.25, -0.2) is 0 Å². The van der Waals surface area contributed by atoms with Crippen molar-refractivity contribution in [2.45, 2.75) is 52.1 Å². The maximum absolute atomic E-state index is 13.1. The number of hydrogen-bond acceptors (Lipinski definition) is 4. The zero-order chi connectivity index (χ0) is 26.6. The lowest BCUT2D eigenvalue weighted by molar-refractivity contribution is -0.138. The molecule has 2 aromatic rings. The van der Waals surface area contributed by atoms with Gasteiger partial charge in [0.15, 0.2) is 0 Å². The molecule has 2 aliphatic rings. The molecule has 1 unspecified atom stereocenters. The van der Waals surface area contributed by atoms with Crippen molar-refractivity contribution in [3.8, 4) is 0 Å². The number of carbonyl (C=O) groups is 4. The van der Waals surface area contributed by atoms with Crippen LogP contribution in [0.3, 0.4) is 0 Å². The number of benzene rings is 2. The Labute approximate surface area is 218 Å². The van der Waals surface area contributed by atoms with Gasteiger partial charge in [0.2, 0.25) is 17.7 Å². The van der Waals surface area contributed by atoms with Crippen molar-refractivity contribution in [3.63, 3.8) is 0 Å². The molecule has 4 rings (SSSR count). The molecule has 0 radical (unpaired) electrons. The molecule has 2 fully saturated rings. The summed E-state index contributed by atoms with van der Waals surface area (Å²) in [6.07, 6.45) is 1.34. The maximum atomic E-state index is 13.1. The number of nitrogens with one attached hydrogen (secondary N) is 2. The van der Waals surface area contributed by atoms with Gasteiger partial charge in [0, 0.05) is 44.1 Å². The third-order valence-corrected chi connectivity index (χ3v) is 7.19. The van der Waals surface area contributed by atoms with E-state index in [0.29, 0.717) is 50.3 Å². The van der Waals surface area contributed by atoms with Gasteiger partial charge in [-0.05, 0) is 51.3 Å². The van der Waals surface area contributed by atoms with Crippen LogP contribution in [0.4, 0.5) is 5.69 Å². The zero-order valence-electron chi connectivity index (χ0n) is 21.8. The molecule has 2 N–H and O–H groups in total. The Hall–Kier alpha value is -3.68. The van der Waals surface area contributed by atoms with Crippen LogP contribution < -0.4 is 10.6 Å². The Balaban J connectivity index is 1.30. The third-order valence-electron chi connectivity index (χ3n) is 7.19. The Kier molecular flexibility index (Phi) is 7.95. The summed E-state index contributed by atoms with van der Waals surface area (Å²) in [6, 6.07) is 16.6. The lowest BCUT2D eigenvalue weighted by Crippen LogP contribution is -2.46. The smallest absolute Gasteiger partial charge is 0.253 e. The summed E-state index contributed by atoms with van der Waals surface area (Å²) in [5.74, 6) is -0.953. The molecule has 196 valence electrons. The summed E-state index contributed by atoms with van der Waals surface area (Å²) in [7, 11) is 0. The topological polar surface area (TPSA) is 98.8 Å². The molecule has 0 aliphatic carbocycles. The molecule has 1 atom stereocenters. The summed E-state index contributed by atoms with van der Waals surface area (Å²) in [4.78, 5) is 54.9. The number of piperidine rings is 1. The predicted octanol–water partition coefficient (Wildman–Crippen LogP) is 3.44. The Morgan fingerprint density at radius 1 is 0.919 bits per heavy atom. The van der Waals surface area contributed by atoms with E-state index in [1.807, 2.05) is 51.1 Å². The van der Waals surface area contributed by atoms with Crippen LogP contribution in [0.5, 0.6) is 0 Å². The summed E-state index contributed by atoms with van der Waals surface area (Å²) in [5, 5.41) is 5.84. The molecule has 0 aromatic heterocycles. The minimum Gasteiger partial charge on any atom is -0.348 e. The minimum absolute atomic E-state index is 0.000564. The molecule has 0 bridgehead atoms. The highest BCUT2D eigenvalue weighted by Crippen LogP contribution is 2.29. The van der Waals surface area contributed by atoms with Crippen molar-refractivity contribution in [2.75, 3.05) is 25.0 Å². The predicted molar refractivity (Wildman–Crippen MR) is 142 cm³/mol. The van der Waals surface area contributed by atoms with Gasteiger partial charge in [0.05, 0.1) is 17.2 Å². The molecular formula is C29H36N4O4. The fourth-order valence-corrected chi connectivity index (χ4v) is 5.04. The number of likely N-dealkylation sites (tertiary alicyclic amines) is 2. The fourth-order valence-electron chi connectivity index (χ4n) is 5.04. The van der Waals surface area contributed by atoms with Crippen LogP contribution in [-0.2, 0) is 20.9 Å². The number of amides is 4. The second kappa shape index (κ2) is 11.2. The second-order valence-corrected chi connectivity index (χ2v) is 10.9. The summed E-state index contributed by atoms with van der Waals surface area (Å²) in [5.41, 5.74) is 1.58. The maximum Gasteiger partial charge on any atom is 0.253 e. The quantitative estimate of drug-likeness (QED) is 0.630. The molecule has 2 aromatic carbocycles. The minimum atomic E-state index is -0.321. The van der Waals surface area contributed by atoms with E-state index in [-0.39, 0.29) is 47.4 Å². The fraction of sp³-hybridized carbons (Fsp3) is 0.448. The highest BCUT2D eigenvalue weighted by Gasteiger charge is 2.41. The lowest BCUT2D eigenvalue weighted by Gasteiger charge is -2.34. The largest absolute Gasteiger partial charge is 0.348 e. The Bertz CT molecular complexity index is 1150. The first-order valence-electron chi connectivity index (χ1n) is 12.9. The normalized spacial score (nSPS) is 18.6. The van der Waals surface area contributed by atoms with Crippen LogP contribution >= 0.6 is 0 Å². The van der Waals surface area contributed by atoms with Crippen LogP contribution in [0.2, 0.25) is 0 Å². The van der Waals surface area contributed by atoms with E-state index < -0.39 is 0 Å². The molecule has 2 aliphatic heterocycles. The van der Waals surface area contributed by atoms with Crippen LogP contribution in [0, 0.1) is 11.8 Å². The standard InChI is InChI=1S/C29H36N4O4/c1-29(2,3)33-19-22(17-25(33)34)28(37)32-15-13-21(14-16-32)26(35)31-24-12-8-7-11-23(24)27(36)30-18-20-9-5-4-6-10-20/h4-12,21-22H,13-19H2,1-3H3,(H,30,36)(H,31,35). The van der Waals surface area contributed by atoms with Gasteiger partial charge in [-0.3, -0.25) is 19.2 Å². The molecule has 2 heterocycles. The van der Waals surface area contributed by atoms with Crippen molar-refractivity contribution in [2.24, 2.45) is 11.8 Å².